The van der Waals surface area contributed by atoms with Crippen LogP contribution in [0, 0.1) is 17.3 Å². The normalized spacial score (nSPS) is 18.5. The van der Waals surface area contributed by atoms with E-state index >= 15 is 0 Å². The van der Waals surface area contributed by atoms with Gasteiger partial charge in [-0.15, -0.1) is 0 Å². The van der Waals surface area contributed by atoms with Crippen molar-refractivity contribution in [3.8, 4) is 33.6 Å². The molecule has 0 bridgehead atoms. The van der Waals surface area contributed by atoms with Gasteiger partial charge in [0.05, 0.1) is 50.1 Å². The van der Waals surface area contributed by atoms with E-state index in [4.69, 9.17) is 19.4 Å². The van der Waals surface area contributed by atoms with Crippen LogP contribution in [0.25, 0.3) is 44.4 Å². The fraction of sp³-hybridized carbons (Fsp3) is 0.447. The first kappa shape index (κ1) is 41.5. The first-order valence-electron chi connectivity index (χ1n) is 21.5. The van der Waals surface area contributed by atoms with Gasteiger partial charge in [-0.05, 0) is 95.4 Å². The predicted octanol–water partition coefficient (Wildman–Crippen LogP) is 8.20. The van der Waals surface area contributed by atoms with Crippen LogP contribution in [0.3, 0.4) is 0 Å². The molecule has 5 aromatic rings. The van der Waals surface area contributed by atoms with Crippen molar-refractivity contribution in [2.24, 2.45) is 17.3 Å². The summed E-state index contributed by atoms with van der Waals surface area (Å²) in [6.07, 6.45) is 10.1. The number of alkyl carbamates (subject to hydrolysis) is 2. The summed E-state index contributed by atoms with van der Waals surface area (Å²) in [5.41, 5.74) is 6.04. The van der Waals surface area contributed by atoms with Crippen LogP contribution >= 0.6 is 0 Å². The molecule has 1 spiro atoms. The van der Waals surface area contributed by atoms with Crippen molar-refractivity contribution in [1.29, 1.82) is 0 Å². The zero-order valence-corrected chi connectivity index (χ0v) is 35.5. The highest BCUT2D eigenvalue weighted by Crippen LogP contribution is 2.58. The third-order valence-corrected chi connectivity index (χ3v) is 13.0. The molecule has 2 aromatic heterocycles. The van der Waals surface area contributed by atoms with Gasteiger partial charge in [-0.3, -0.25) is 9.59 Å². The number of carbonyl (C=O) groups is 4. The third kappa shape index (κ3) is 8.85. The second-order valence-corrected chi connectivity index (χ2v) is 17.4. The first-order chi connectivity index (χ1) is 29.5. The van der Waals surface area contributed by atoms with E-state index in [9.17, 15) is 19.2 Å². The number of methoxy groups -OCH3 is 2. The first-order valence-corrected chi connectivity index (χ1v) is 21.5. The second-order valence-electron chi connectivity index (χ2n) is 17.4. The van der Waals surface area contributed by atoms with Crippen molar-refractivity contribution >= 4 is 34.8 Å². The van der Waals surface area contributed by atoms with Gasteiger partial charge in [0.25, 0.3) is 0 Å². The number of imidazole rings is 2. The quantitative estimate of drug-likeness (QED) is 0.0787. The Morgan fingerprint density at radius 3 is 2.05 bits per heavy atom. The van der Waals surface area contributed by atoms with Crippen LogP contribution in [0.4, 0.5) is 9.59 Å². The number of hydrogen-bond donors (Lipinski definition) is 5. The van der Waals surface area contributed by atoms with Crippen LogP contribution in [0.2, 0.25) is 0 Å². The molecular weight excluding hydrogens is 773 g/mol. The number of benzene rings is 3. The highest BCUT2D eigenvalue weighted by atomic mass is 16.5. The smallest absolute Gasteiger partial charge is 0.407 e. The molecule has 3 heterocycles. The molecule has 2 saturated carbocycles. The van der Waals surface area contributed by atoms with Crippen molar-refractivity contribution < 1.29 is 28.7 Å². The SMILES string of the molecule is CC[C@H](NC(=O)OC)C(=O)N1CC2(CC2)C[C@H]1c1ncc(-c2ccc3cc(-c4ccc(-c5cnc([C@@H](NC(=O)[C@@H](NC(=O)OC)C(C)C)C6CCCC6)[nH]5)cc4)ccc3c2)[nH]1. The minimum Gasteiger partial charge on any atom is -0.453 e. The number of fused-ring (bicyclic) bond motifs is 1. The van der Waals surface area contributed by atoms with Gasteiger partial charge < -0.3 is 40.3 Å². The minimum absolute atomic E-state index is 0.107. The molecule has 3 aromatic carbocycles. The topological polar surface area (TPSA) is 183 Å². The summed E-state index contributed by atoms with van der Waals surface area (Å²) in [5, 5.41) is 10.8. The maximum atomic E-state index is 13.7. The Morgan fingerprint density at radius 1 is 0.787 bits per heavy atom. The molecule has 14 nitrogen and oxygen atoms in total. The number of H-pyrrole nitrogens is 2. The molecule has 1 saturated heterocycles. The third-order valence-electron chi connectivity index (χ3n) is 13.0. The van der Waals surface area contributed by atoms with Crippen molar-refractivity contribution in [2.75, 3.05) is 20.8 Å². The number of ether oxygens (including phenoxy) is 2. The number of nitrogens with one attached hydrogen (secondary N) is 5. The second kappa shape index (κ2) is 17.4. The molecule has 1 aliphatic heterocycles. The Kier molecular flexibility index (Phi) is 11.9. The predicted molar refractivity (Wildman–Crippen MR) is 232 cm³/mol. The highest BCUT2D eigenvalue weighted by molar-refractivity contribution is 5.91. The Bertz CT molecular complexity index is 2390. The average Bonchev–Trinajstić information content (AvgIpc) is 3.85. The summed E-state index contributed by atoms with van der Waals surface area (Å²) < 4.78 is 9.55. The molecule has 0 radical (unpaired) electrons. The lowest BCUT2D eigenvalue weighted by atomic mass is 9.96. The van der Waals surface area contributed by atoms with Crippen LogP contribution in [-0.2, 0) is 19.1 Å². The van der Waals surface area contributed by atoms with Gasteiger partial charge in [0.2, 0.25) is 11.8 Å². The molecule has 2 aliphatic carbocycles. The number of aromatic nitrogens is 4. The Labute approximate surface area is 356 Å². The van der Waals surface area contributed by atoms with E-state index in [0.717, 1.165) is 95.2 Å². The summed E-state index contributed by atoms with van der Waals surface area (Å²) in [5.74, 6) is 1.21. The average molecular weight is 829 g/mol. The van der Waals surface area contributed by atoms with Crippen molar-refractivity contribution in [3.05, 3.63) is 84.7 Å². The molecule has 4 atom stereocenters. The number of hydrogen-bond acceptors (Lipinski definition) is 8. The van der Waals surface area contributed by atoms with E-state index in [0.29, 0.717) is 18.8 Å². The lowest BCUT2D eigenvalue weighted by molar-refractivity contribution is -0.134. The lowest BCUT2D eigenvalue weighted by Crippen LogP contribution is -2.51. The number of nitrogens with zero attached hydrogens (tertiary/aromatic N) is 3. The van der Waals surface area contributed by atoms with Crippen LogP contribution in [0.1, 0.15) is 95.9 Å². The molecule has 3 aliphatic rings. The molecule has 0 unspecified atom stereocenters. The summed E-state index contributed by atoms with van der Waals surface area (Å²) in [6.45, 7) is 6.33. The van der Waals surface area contributed by atoms with E-state index in [1.807, 2.05) is 38.1 Å². The summed E-state index contributed by atoms with van der Waals surface area (Å²) in [7, 11) is 2.59. The van der Waals surface area contributed by atoms with E-state index in [2.05, 4.69) is 86.6 Å². The van der Waals surface area contributed by atoms with Gasteiger partial charge >= 0.3 is 12.2 Å². The number of likely N-dealkylation sites (tertiary alicyclic amines) is 1. The molecular formula is C47H56N8O6. The summed E-state index contributed by atoms with van der Waals surface area (Å²) in [6, 6.07) is 19.3. The molecule has 61 heavy (non-hydrogen) atoms. The Hall–Kier alpha value is -6.18. The lowest BCUT2D eigenvalue weighted by Gasteiger charge is -2.27. The standard InChI is InChI=1S/C47H56N8O6/c1-6-35(52-45(58)60-4)44(57)55-26-47(19-20-47)23-38(55)41-48-25-37(50-41)34-18-17-32-21-31(15-16-33(32)22-34)28-11-13-29(14-12-28)36-24-49-42(51-36)40(30-9-7-8-10-30)53-43(56)39(27(2)3)54-46(59)61-5/h11-18,21-22,24-25,27,30,35,38-40H,6-10,19-20,23,26H2,1-5H3,(H,48,50)(H,49,51)(H,52,58)(H,53,56)(H,54,59)/t35-,38-,39-,40-/m0/s1. The molecule has 3 fully saturated rings. The largest absolute Gasteiger partial charge is 0.453 e. The zero-order chi connectivity index (χ0) is 42.8. The Balaban J connectivity index is 0.958. The number of carbonyl (C=O) groups excluding carboxylic acids is 4. The summed E-state index contributed by atoms with van der Waals surface area (Å²) >= 11 is 0. The van der Waals surface area contributed by atoms with Crippen molar-refractivity contribution in [3.63, 3.8) is 0 Å². The maximum Gasteiger partial charge on any atom is 0.407 e. The van der Waals surface area contributed by atoms with Gasteiger partial charge in [-0.25, -0.2) is 19.6 Å². The highest BCUT2D eigenvalue weighted by Gasteiger charge is 2.55. The minimum atomic E-state index is -0.734. The fourth-order valence-corrected chi connectivity index (χ4v) is 9.20. The van der Waals surface area contributed by atoms with Crippen LogP contribution in [-0.4, -0.2) is 81.7 Å². The van der Waals surface area contributed by atoms with E-state index < -0.39 is 24.3 Å². The van der Waals surface area contributed by atoms with Gasteiger partial charge in [-0.1, -0.05) is 82.1 Å². The monoisotopic (exact) mass is 828 g/mol. The van der Waals surface area contributed by atoms with Gasteiger partial charge in [0, 0.05) is 12.1 Å². The summed E-state index contributed by atoms with van der Waals surface area (Å²) in [4.78, 5) is 69.6. The van der Waals surface area contributed by atoms with Crippen molar-refractivity contribution in [1.82, 2.24) is 40.8 Å². The van der Waals surface area contributed by atoms with Crippen LogP contribution in [0.5, 0.6) is 0 Å². The van der Waals surface area contributed by atoms with E-state index in [1.165, 1.54) is 14.2 Å². The van der Waals surface area contributed by atoms with E-state index in [1.54, 1.807) is 0 Å². The van der Waals surface area contributed by atoms with E-state index in [-0.39, 0.29) is 41.1 Å². The zero-order valence-electron chi connectivity index (χ0n) is 35.5. The number of amides is 4. The van der Waals surface area contributed by atoms with Crippen molar-refractivity contribution in [2.45, 2.75) is 96.3 Å². The van der Waals surface area contributed by atoms with Crippen LogP contribution in [0.15, 0.2) is 73.1 Å². The fourth-order valence-electron chi connectivity index (χ4n) is 9.20. The van der Waals surface area contributed by atoms with Gasteiger partial charge in [0.15, 0.2) is 0 Å². The number of rotatable bonds is 13. The molecule has 8 rings (SSSR count). The van der Waals surface area contributed by atoms with Gasteiger partial charge in [0.1, 0.15) is 23.7 Å². The molecule has 5 N–H and O–H groups in total. The molecule has 320 valence electrons. The molecule has 14 heteroatoms. The Morgan fingerprint density at radius 2 is 1.39 bits per heavy atom. The van der Waals surface area contributed by atoms with Crippen LogP contribution < -0.4 is 16.0 Å². The van der Waals surface area contributed by atoms with Gasteiger partial charge in [-0.2, -0.15) is 0 Å². The number of aromatic amines is 2. The maximum absolute atomic E-state index is 13.7. The molecule has 4 amide bonds.